The van der Waals surface area contributed by atoms with Crippen LogP contribution in [0.3, 0.4) is 0 Å². The zero-order chi connectivity index (χ0) is 19.1. The van der Waals surface area contributed by atoms with Crippen LogP contribution in [-0.2, 0) is 0 Å². The van der Waals surface area contributed by atoms with Gasteiger partial charge >= 0.3 is 0 Å². The minimum Gasteiger partial charge on any atom is -0.493 e. The minimum absolute atomic E-state index is 0.0777. The van der Waals surface area contributed by atoms with E-state index in [-0.39, 0.29) is 11.9 Å². The zero-order valence-corrected chi connectivity index (χ0v) is 16.5. The molecule has 2 aromatic rings. The van der Waals surface area contributed by atoms with E-state index in [2.05, 4.69) is 16.3 Å². The number of carbonyl (C=O) groups excluding carboxylic acids is 1. The fraction of sp³-hybridized carbons (Fsp3) is 0.409. The van der Waals surface area contributed by atoms with Crippen LogP contribution in [0.1, 0.15) is 48.1 Å². The molecule has 144 valence electrons. The summed E-state index contributed by atoms with van der Waals surface area (Å²) in [5.74, 6) is 0.519. The third-order valence-corrected chi connectivity index (χ3v) is 5.24. The largest absolute Gasteiger partial charge is 0.493 e. The smallest absolute Gasteiger partial charge is 0.255 e. The highest BCUT2D eigenvalue weighted by atomic mass is 35.5. The van der Waals surface area contributed by atoms with Crippen molar-refractivity contribution in [1.82, 2.24) is 10.2 Å². The van der Waals surface area contributed by atoms with Gasteiger partial charge in [0, 0.05) is 11.6 Å². The molecule has 1 saturated heterocycles. The third kappa shape index (κ3) is 5.02. The molecule has 0 aliphatic carbocycles. The molecule has 27 heavy (non-hydrogen) atoms. The van der Waals surface area contributed by atoms with Crippen LogP contribution in [0.4, 0.5) is 0 Å². The van der Waals surface area contributed by atoms with Gasteiger partial charge in [-0.3, -0.25) is 9.69 Å². The van der Waals surface area contributed by atoms with Crippen molar-refractivity contribution in [3.05, 3.63) is 64.7 Å². The third-order valence-electron chi connectivity index (χ3n) is 4.89. The van der Waals surface area contributed by atoms with Gasteiger partial charge in [0.25, 0.3) is 5.91 Å². The summed E-state index contributed by atoms with van der Waals surface area (Å²) in [4.78, 5) is 15.2. The molecular formula is C22H27ClN2O2. The lowest BCUT2D eigenvalue weighted by Crippen LogP contribution is -2.37. The van der Waals surface area contributed by atoms with Crippen LogP contribution in [0, 0.1) is 0 Å². The van der Waals surface area contributed by atoms with Crippen molar-refractivity contribution < 1.29 is 9.53 Å². The van der Waals surface area contributed by atoms with Crippen LogP contribution in [0.15, 0.2) is 48.5 Å². The lowest BCUT2D eigenvalue weighted by molar-refractivity contribution is 0.0934. The van der Waals surface area contributed by atoms with E-state index >= 15 is 0 Å². The maximum Gasteiger partial charge on any atom is 0.255 e. The number of likely N-dealkylation sites (tertiary alicyclic amines) is 1. The van der Waals surface area contributed by atoms with Crippen molar-refractivity contribution in [1.29, 1.82) is 0 Å². The van der Waals surface area contributed by atoms with Gasteiger partial charge in [-0.05, 0) is 56.1 Å². The van der Waals surface area contributed by atoms with Crippen molar-refractivity contribution in [2.45, 2.75) is 32.2 Å². The molecule has 1 heterocycles. The summed E-state index contributed by atoms with van der Waals surface area (Å²) in [5, 5.41) is 3.84. The molecule has 0 saturated carbocycles. The standard InChI is InChI=1S/C22H27ClN2O2/c1-2-15-27-21-12-6-4-10-18(21)22(26)24-16-20(25-13-7-8-14-25)17-9-3-5-11-19(17)23/h3-6,9-12,20H,2,7-8,13-16H2,1H3,(H,24,26). The van der Waals surface area contributed by atoms with E-state index in [4.69, 9.17) is 16.3 Å². The molecular weight excluding hydrogens is 360 g/mol. The number of para-hydroxylation sites is 1. The van der Waals surface area contributed by atoms with Gasteiger partial charge in [-0.2, -0.15) is 0 Å². The van der Waals surface area contributed by atoms with Gasteiger partial charge in [0.15, 0.2) is 0 Å². The number of benzene rings is 2. The highest BCUT2D eigenvalue weighted by molar-refractivity contribution is 6.31. The van der Waals surface area contributed by atoms with E-state index < -0.39 is 0 Å². The number of nitrogens with one attached hydrogen (secondary N) is 1. The summed E-state index contributed by atoms with van der Waals surface area (Å²) in [7, 11) is 0. The molecule has 3 rings (SSSR count). The second kappa shape index (κ2) is 9.77. The quantitative estimate of drug-likeness (QED) is 0.715. The molecule has 5 heteroatoms. The molecule has 1 N–H and O–H groups in total. The summed E-state index contributed by atoms with van der Waals surface area (Å²) in [6.07, 6.45) is 3.27. The van der Waals surface area contributed by atoms with Crippen LogP contribution < -0.4 is 10.1 Å². The molecule has 4 nitrogen and oxygen atoms in total. The number of amides is 1. The van der Waals surface area contributed by atoms with Gasteiger partial charge in [0.2, 0.25) is 0 Å². The van der Waals surface area contributed by atoms with Gasteiger partial charge in [-0.25, -0.2) is 0 Å². The topological polar surface area (TPSA) is 41.6 Å². The predicted molar refractivity (Wildman–Crippen MR) is 110 cm³/mol. The number of halogens is 1. The fourth-order valence-corrected chi connectivity index (χ4v) is 3.77. The first-order valence-electron chi connectivity index (χ1n) is 9.69. The Labute approximate surface area is 166 Å². The maximum atomic E-state index is 12.8. The minimum atomic E-state index is -0.113. The van der Waals surface area contributed by atoms with E-state index in [1.54, 1.807) is 6.07 Å². The van der Waals surface area contributed by atoms with Crippen LogP contribution in [0.25, 0.3) is 0 Å². The van der Waals surface area contributed by atoms with E-state index in [0.29, 0.717) is 24.5 Å². The Kier molecular flexibility index (Phi) is 7.13. The second-order valence-corrected chi connectivity index (χ2v) is 7.24. The zero-order valence-electron chi connectivity index (χ0n) is 15.8. The Morgan fingerprint density at radius 3 is 2.59 bits per heavy atom. The Balaban J connectivity index is 1.74. The number of rotatable bonds is 8. The van der Waals surface area contributed by atoms with Gasteiger partial charge in [0.1, 0.15) is 5.75 Å². The lowest BCUT2D eigenvalue weighted by Gasteiger charge is -2.29. The van der Waals surface area contributed by atoms with Crippen molar-refractivity contribution in [3.8, 4) is 5.75 Å². The molecule has 1 aliphatic rings. The SMILES string of the molecule is CCCOc1ccccc1C(=O)NCC(c1ccccc1Cl)N1CCCC1. The average molecular weight is 387 g/mol. The van der Waals surface area contributed by atoms with Crippen LogP contribution in [-0.4, -0.2) is 37.0 Å². The molecule has 1 aliphatic heterocycles. The molecule has 1 unspecified atom stereocenters. The highest BCUT2D eigenvalue weighted by Gasteiger charge is 2.26. The molecule has 0 aromatic heterocycles. The Bertz CT molecular complexity index is 759. The van der Waals surface area contributed by atoms with E-state index in [1.807, 2.05) is 43.3 Å². The summed E-state index contributed by atoms with van der Waals surface area (Å²) in [5.41, 5.74) is 1.64. The summed E-state index contributed by atoms with van der Waals surface area (Å²) in [6, 6.07) is 15.4. The van der Waals surface area contributed by atoms with Gasteiger partial charge in [-0.1, -0.05) is 48.9 Å². The van der Waals surface area contributed by atoms with Crippen LogP contribution in [0.2, 0.25) is 5.02 Å². The van der Waals surface area contributed by atoms with Crippen molar-refractivity contribution in [2.24, 2.45) is 0 Å². The lowest BCUT2D eigenvalue weighted by atomic mass is 10.0. The van der Waals surface area contributed by atoms with E-state index in [0.717, 1.165) is 30.1 Å². The number of carbonyl (C=O) groups is 1. The van der Waals surface area contributed by atoms with Crippen LogP contribution in [0.5, 0.6) is 5.75 Å². The highest BCUT2D eigenvalue weighted by Crippen LogP contribution is 2.30. The Morgan fingerprint density at radius 1 is 1.15 bits per heavy atom. The Morgan fingerprint density at radius 2 is 1.85 bits per heavy atom. The number of nitrogens with zero attached hydrogens (tertiary/aromatic N) is 1. The van der Waals surface area contributed by atoms with E-state index in [1.165, 1.54) is 12.8 Å². The number of hydrogen-bond donors (Lipinski definition) is 1. The molecule has 0 spiro atoms. The van der Waals surface area contributed by atoms with Gasteiger partial charge in [-0.15, -0.1) is 0 Å². The average Bonchev–Trinajstić information content (AvgIpc) is 3.22. The first-order chi connectivity index (χ1) is 13.2. The van der Waals surface area contributed by atoms with Crippen LogP contribution >= 0.6 is 11.6 Å². The predicted octanol–water partition coefficient (Wildman–Crippen LogP) is 4.70. The molecule has 1 atom stereocenters. The summed E-state index contributed by atoms with van der Waals surface area (Å²) < 4.78 is 5.73. The van der Waals surface area contributed by atoms with E-state index in [9.17, 15) is 4.79 Å². The Hall–Kier alpha value is -2.04. The summed E-state index contributed by atoms with van der Waals surface area (Å²) in [6.45, 7) is 5.22. The van der Waals surface area contributed by atoms with Crippen molar-refractivity contribution >= 4 is 17.5 Å². The van der Waals surface area contributed by atoms with Crippen molar-refractivity contribution in [2.75, 3.05) is 26.2 Å². The first kappa shape index (κ1) is 19.7. The normalized spacial score (nSPS) is 15.5. The maximum absolute atomic E-state index is 12.8. The fourth-order valence-electron chi connectivity index (χ4n) is 3.51. The monoisotopic (exact) mass is 386 g/mol. The molecule has 2 aromatic carbocycles. The number of hydrogen-bond acceptors (Lipinski definition) is 3. The summed E-state index contributed by atoms with van der Waals surface area (Å²) >= 11 is 6.45. The van der Waals surface area contributed by atoms with Gasteiger partial charge < -0.3 is 10.1 Å². The van der Waals surface area contributed by atoms with Crippen molar-refractivity contribution in [3.63, 3.8) is 0 Å². The molecule has 0 radical (unpaired) electrons. The number of ether oxygens (including phenoxy) is 1. The molecule has 1 amide bonds. The van der Waals surface area contributed by atoms with Gasteiger partial charge in [0.05, 0.1) is 18.2 Å². The molecule has 0 bridgehead atoms. The molecule has 1 fully saturated rings. The second-order valence-electron chi connectivity index (χ2n) is 6.84. The first-order valence-corrected chi connectivity index (χ1v) is 10.1.